The Balaban J connectivity index is 0.669. The van der Waals surface area contributed by atoms with E-state index in [-0.39, 0.29) is 16.2 Å². The number of fused-ring (bicyclic) bond motifs is 18. The molecular formula is C102H72N6. The van der Waals surface area contributed by atoms with Crippen molar-refractivity contribution >= 4 is 65.4 Å². The molecule has 3 aliphatic carbocycles. The van der Waals surface area contributed by atoms with Gasteiger partial charge in [-0.2, -0.15) is 0 Å². The van der Waals surface area contributed by atoms with Crippen molar-refractivity contribution in [3.8, 4) is 118 Å². The number of rotatable bonds is 9. The molecule has 3 aliphatic rings. The van der Waals surface area contributed by atoms with E-state index < -0.39 is 0 Å². The maximum atomic E-state index is 5.50. The topological polar surface area (TPSA) is 53.5 Å². The number of hydrogen-bond acceptors (Lipinski definition) is 3. The van der Waals surface area contributed by atoms with Gasteiger partial charge in [-0.3, -0.25) is 0 Å². The predicted molar refractivity (Wildman–Crippen MR) is 448 cm³/mol. The van der Waals surface area contributed by atoms with Crippen LogP contribution in [0.4, 0.5) is 0 Å². The molecule has 6 nitrogen and oxygen atoms in total. The zero-order chi connectivity index (χ0) is 72.1. The summed E-state index contributed by atoms with van der Waals surface area (Å²) in [5.74, 6) is 1.74. The zero-order valence-corrected chi connectivity index (χ0v) is 60.9. The van der Waals surface area contributed by atoms with Crippen LogP contribution in [-0.2, 0) is 16.2 Å². The third-order valence-electron chi connectivity index (χ3n) is 24.5. The van der Waals surface area contributed by atoms with Gasteiger partial charge in [-0.15, -0.1) is 0 Å². The Hall–Kier alpha value is -13.3. The summed E-state index contributed by atoms with van der Waals surface area (Å²) < 4.78 is 7.24. The lowest BCUT2D eigenvalue weighted by atomic mass is 9.81. The van der Waals surface area contributed by atoms with Gasteiger partial charge in [-0.05, 0) is 215 Å². The average Bonchev–Trinajstić information content (AvgIpc) is 1.59. The third kappa shape index (κ3) is 9.10. The minimum atomic E-state index is -0.117. The van der Waals surface area contributed by atoms with E-state index in [0.29, 0.717) is 17.5 Å². The van der Waals surface area contributed by atoms with Crippen LogP contribution >= 0.6 is 0 Å². The van der Waals surface area contributed by atoms with E-state index in [1.807, 2.05) is 0 Å². The van der Waals surface area contributed by atoms with Crippen LogP contribution in [0.15, 0.2) is 328 Å². The van der Waals surface area contributed by atoms with Crippen molar-refractivity contribution in [2.24, 2.45) is 0 Å². The maximum absolute atomic E-state index is 5.50. The molecule has 4 aromatic heterocycles. The fourth-order valence-electron chi connectivity index (χ4n) is 19.0. The van der Waals surface area contributed by atoms with Crippen molar-refractivity contribution in [3.63, 3.8) is 0 Å². The minimum absolute atomic E-state index is 0.107. The molecule has 0 radical (unpaired) electrons. The van der Waals surface area contributed by atoms with Crippen LogP contribution in [-0.4, -0.2) is 28.7 Å². The number of benzene rings is 15. The standard InChI is InChI=1S/C102H72N6/c1-100(2)85-28-13-7-22-73(85)76-48-38-63(55-88(76)100)66-41-51-82-79-25-10-16-31-91(79)106(94(82)58-66)70-44-34-61(35-45-70)97-103-98(62-36-46-71(47-37-62)107-92-32-17-11-26-80(92)83-52-42-67(59-95(83)107)64-39-49-77-74-23-8-14-29-86(74)101(3,4)89(77)56-64)105-99(104-97)69-20-19-21-72(54-69)108-93-33-18-12-27-81(93)84-53-43-68(60-96(84)108)65-40-50-78-75-24-9-15-30-87(75)102(5,6)90(78)57-65/h7-60H,1-6H3. The van der Waals surface area contributed by atoms with E-state index >= 15 is 0 Å². The molecule has 6 heteroatoms. The summed E-state index contributed by atoms with van der Waals surface area (Å²) in [5, 5.41) is 7.21. The van der Waals surface area contributed by atoms with Gasteiger partial charge >= 0.3 is 0 Å². The summed E-state index contributed by atoms with van der Waals surface area (Å²) in [6, 6.07) is 121. The monoisotopic (exact) mass is 1380 g/mol. The fraction of sp³-hybridized carbons (Fsp3) is 0.0882. The van der Waals surface area contributed by atoms with Crippen LogP contribution in [0.2, 0.25) is 0 Å². The average molecular weight is 1380 g/mol. The molecule has 0 N–H and O–H groups in total. The number of nitrogens with zero attached hydrogens (tertiary/aromatic N) is 6. The Labute approximate surface area is 626 Å². The molecule has 510 valence electrons. The molecule has 0 aliphatic heterocycles. The van der Waals surface area contributed by atoms with Crippen LogP contribution in [0.3, 0.4) is 0 Å². The molecule has 0 spiro atoms. The van der Waals surface area contributed by atoms with Crippen LogP contribution < -0.4 is 0 Å². The molecule has 4 heterocycles. The van der Waals surface area contributed by atoms with Gasteiger partial charge in [0, 0.05) is 82.3 Å². The molecule has 0 saturated carbocycles. The van der Waals surface area contributed by atoms with Crippen LogP contribution in [0.5, 0.6) is 0 Å². The minimum Gasteiger partial charge on any atom is -0.309 e. The van der Waals surface area contributed by atoms with E-state index in [1.165, 1.54) is 132 Å². The summed E-state index contributed by atoms with van der Waals surface area (Å²) in [5.41, 5.74) is 35.6. The van der Waals surface area contributed by atoms with Gasteiger partial charge in [-0.1, -0.05) is 254 Å². The molecule has 0 atom stereocenters. The molecule has 0 unspecified atom stereocenters. The highest BCUT2D eigenvalue weighted by molar-refractivity contribution is 6.13. The molecule has 15 aromatic carbocycles. The van der Waals surface area contributed by atoms with Crippen LogP contribution in [0.25, 0.3) is 183 Å². The van der Waals surface area contributed by atoms with Crippen molar-refractivity contribution in [3.05, 3.63) is 361 Å². The highest BCUT2D eigenvalue weighted by atomic mass is 15.0. The molecule has 22 rings (SSSR count). The Kier molecular flexibility index (Phi) is 13.1. The lowest BCUT2D eigenvalue weighted by Crippen LogP contribution is -2.14. The van der Waals surface area contributed by atoms with E-state index in [2.05, 4.69) is 383 Å². The van der Waals surface area contributed by atoms with Crippen LogP contribution in [0, 0.1) is 0 Å². The van der Waals surface area contributed by atoms with Gasteiger partial charge < -0.3 is 13.7 Å². The second-order valence-electron chi connectivity index (χ2n) is 31.5. The molecule has 0 saturated heterocycles. The first kappa shape index (κ1) is 62.1. The number of aromatic nitrogens is 6. The summed E-state index contributed by atoms with van der Waals surface area (Å²) in [6.07, 6.45) is 0. The number of hydrogen-bond donors (Lipinski definition) is 0. The van der Waals surface area contributed by atoms with Crippen molar-refractivity contribution < 1.29 is 0 Å². The predicted octanol–water partition coefficient (Wildman–Crippen LogP) is 26.1. The summed E-state index contributed by atoms with van der Waals surface area (Å²) >= 11 is 0. The van der Waals surface area contributed by atoms with E-state index in [0.717, 1.165) is 66.9 Å². The molecule has 0 bridgehead atoms. The van der Waals surface area contributed by atoms with Gasteiger partial charge in [0.15, 0.2) is 17.5 Å². The smallest absolute Gasteiger partial charge is 0.164 e. The largest absolute Gasteiger partial charge is 0.309 e. The highest BCUT2D eigenvalue weighted by Gasteiger charge is 2.38. The van der Waals surface area contributed by atoms with Gasteiger partial charge in [0.1, 0.15) is 0 Å². The van der Waals surface area contributed by atoms with E-state index in [4.69, 9.17) is 15.0 Å². The summed E-state index contributed by atoms with van der Waals surface area (Å²) in [7, 11) is 0. The molecule has 108 heavy (non-hydrogen) atoms. The lowest BCUT2D eigenvalue weighted by molar-refractivity contribution is 0.660. The quantitative estimate of drug-likeness (QED) is 0.145. The first-order valence-electron chi connectivity index (χ1n) is 37.7. The first-order valence-corrected chi connectivity index (χ1v) is 37.7. The third-order valence-corrected chi connectivity index (χ3v) is 24.5. The van der Waals surface area contributed by atoms with Gasteiger partial charge in [0.2, 0.25) is 0 Å². The molecule has 19 aromatic rings. The lowest BCUT2D eigenvalue weighted by Gasteiger charge is -2.22. The SMILES string of the molecule is CC1(C)c2ccccc2-c2ccc(-c3ccc4c5ccccc5n(-c5ccc(-c6nc(-c7ccc(-n8c9ccccc9c9ccc(-c%10ccc%11c(c%10)C(C)(C)c%10ccccc%10-%11)cc98)cc7)nc(-c7cccc(-n8c9ccccc9c9ccc(-c%10ccc%11c(c%10)C(C)(C)c%10ccccc%10-%11)cc98)c7)n6)cc5)c4c3)cc21. The Morgan fingerprint density at radius 2 is 0.463 bits per heavy atom. The second-order valence-corrected chi connectivity index (χ2v) is 31.5. The van der Waals surface area contributed by atoms with Gasteiger partial charge in [0.25, 0.3) is 0 Å². The fourth-order valence-corrected chi connectivity index (χ4v) is 19.0. The molecule has 0 fully saturated rings. The van der Waals surface area contributed by atoms with Crippen molar-refractivity contribution in [2.75, 3.05) is 0 Å². The second kappa shape index (κ2) is 22.9. The highest BCUT2D eigenvalue weighted by Crippen LogP contribution is 2.54. The van der Waals surface area contributed by atoms with Crippen molar-refractivity contribution in [1.82, 2.24) is 28.7 Å². The Morgan fingerprint density at radius 3 is 0.833 bits per heavy atom. The zero-order valence-electron chi connectivity index (χ0n) is 60.9. The first-order chi connectivity index (χ1) is 52.8. The van der Waals surface area contributed by atoms with E-state index in [9.17, 15) is 0 Å². The summed E-state index contributed by atoms with van der Waals surface area (Å²) in [6.45, 7) is 14.1. The van der Waals surface area contributed by atoms with Gasteiger partial charge in [0.05, 0.1) is 33.1 Å². The molecular weight excluding hydrogens is 1310 g/mol. The van der Waals surface area contributed by atoms with Gasteiger partial charge in [-0.25, -0.2) is 15.0 Å². The number of para-hydroxylation sites is 3. The van der Waals surface area contributed by atoms with Crippen molar-refractivity contribution in [1.29, 1.82) is 0 Å². The van der Waals surface area contributed by atoms with Crippen LogP contribution in [0.1, 0.15) is 74.9 Å². The Bertz CT molecular complexity index is 6780. The normalized spacial score (nSPS) is 14.1. The maximum Gasteiger partial charge on any atom is 0.164 e. The molecule has 0 amide bonds. The van der Waals surface area contributed by atoms with Crippen molar-refractivity contribution in [2.45, 2.75) is 57.8 Å². The summed E-state index contributed by atoms with van der Waals surface area (Å²) in [4.78, 5) is 16.5. The van der Waals surface area contributed by atoms with E-state index in [1.54, 1.807) is 0 Å². The Morgan fingerprint density at radius 1 is 0.185 bits per heavy atom.